The molecule has 2 N–H and O–H groups in total. The van der Waals surface area contributed by atoms with Crippen LogP contribution in [0.4, 0.5) is 11.4 Å². The van der Waals surface area contributed by atoms with Gasteiger partial charge in [-0.1, -0.05) is 30.3 Å². The van der Waals surface area contributed by atoms with Crippen molar-refractivity contribution in [2.24, 2.45) is 0 Å². The Morgan fingerprint density at radius 3 is 2.57 bits per heavy atom. The third-order valence-electron chi connectivity index (χ3n) is 5.62. The van der Waals surface area contributed by atoms with Crippen molar-refractivity contribution >= 4 is 40.9 Å². The summed E-state index contributed by atoms with van der Waals surface area (Å²) in [6.07, 6.45) is 1.48. The highest BCUT2D eigenvalue weighted by molar-refractivity contribution is 8.00. The summed E-state index contributed by atoms with van der Waals surface area (Å²) in [7, 11) is 1.57. The maximum atomic E-state index is 12.9. The molecule has 1 aliphatic heterocycles. The van der Waals surface area contributed by atoms with E-state index in [1.165, 1.54) is 11.8 Å². The van der Waals surface area contributed by atoms with Crippen molar-refractivity contribution in [3.05, 3.63) is 83.9 Å². The fraction of sp³-hybridized carbons (Fsp3) is 0.222. The molecular weight excluding hydrogens is 462 g/mol. The highest BCUT2D eigenvalue weighted by atomic mass is 32.2. The molecule has 0 bridgehead atoms. The molecule has 0 spiro atoms. The number of thioether (sulfide) groups is 1. The summed E-state index contributed by atoms with van der Waals surface area (Å²) in [5, 5.41) is 5.79. The maximum absolute atomic E-state index is 12.9. The topological polar surface area (TPSA) is 87.7 Å². The van der Waals surface area contributed by atoms with Crippen molar-refractivity contribution in [2.75, 3.05) is 29.6 Å². The Hall–Kier alpha value is -3.78. The minimum atomic E-state index is -0.208. The lowest BCUT2D eigenvalue weighted by atomic mass is 10.1. The van der Waals surface area contributed by atoms with E-state index in [4.69, 9.17) is 4.74 Å². The minimum absolute atomic E-state index is 0.150. The molecule has 3 aromatic rings. The number of benzene rings is 3. The van der Waals surface area contributed by atoms with E-state index >= 15 is 0 Å². The number of anilines is 2. The van der Waals surface area contributed by atoms with Gasteiger partial charge in [-0.25, -0.2) is 0 Å². The van der Waals surface area contributed by atoms with Crippen LogP contribution in [-0.4, -0.2) is 37.1 Å². The number of ether oxygens (including phenoxy) is 1. The lowest BCUT2D eigenvalue weighted by molar-refractivity contribution is -0.117. The Labute approximate surface area is 208 Å². The zero-order valence-corrected chi connectivity index (χ0v) is 20.3. The first-order chi connectivity index (χ1) is 17.0. The standard InChI is InChI=1S/C27H27N3O4S/c1-34-22-7-4-6-20(16-22)29-25(31)18-35-24-9-3-2-8-23(24)27(33)28-17-19-11-13-21(14-12-19)30-15-5-10-26(30)32/h2-4,6-9,11-14,16H,5,10,15,17-18H2,1H3,(H,28,33)(H,29,31). The molecule has 0 aliphatic carbocycles. The van der Waals surface area contributed by atoms with E-state index in [-0.39, 0.29) is 23.5 Å². The Morgan fingerprint density at radius 2 is 1.83 bits per heavy atom. The second kappa shape index (κ2) is 11.6. The van der Waals surface area contributed by atoms with Crippen LogP contribution in [0, 0.1) is 0 Å². The molecular formula is C27H27N3O4S. The summed E-state index contributed by atoms with van der Waals surface area (Å²) in [6, 6.07) is 22.1. The van der Waals surface area contributed by atoms with E-state index in [0.717, 1.165) is 29.1 Å². The first kappa shape index (κ1) is 24.3. The Balaban J connectivity index is 1.32. The first-order valence-electron chi connectivity index (χ1n) is 11.4. The molecule has 0 aromatic heterocycles. The van der Waals surface area contributed by atoms with E-state index in [9.17, 15) is 14.4 Å². The quantitative estimate of drug-likeness (QED) is 0.433. The van der Waals surface area contributed by atoms with Crippen LogP contribution in [0.3, 0.4) is 0 Å². The molecule has 3 amide bonds. The largest absolute Gasteiger partial charge is 0.497 e. The molecule has 7 nitrogen and oxygen atoms in total. The van der Waals surface area contributed by atoms with Gasteiger partial charge in [0.05, 0.1) is 18.4 Å². The number of nitrogens with one attached hydrogen (secondary N) is 2. The average Bonchev–Trinajstić information content (AvgIpc) is 3.32. The fourth-order valence-corrected chi connectivity index (χ4v) is 4.66. The summed E-state index contributed by atoms with van der Waals surface area (Å²) in [6.45, 7) is 1.11. The summed E-state index contributed by atoms with van der Waals surface area (Å²) in [4.78, 5) is 39.7. The van der Waals surface area contributed by atoms with Crippen LogP contribution >= 0.6 is 11.8 Å². The zero-order chi connectivity index (χ0) is 24.6. The van der Waals surface area contributed by atoms with Gasteiger partial charge in [-0.3, -0.25) is 14.4 Å². The summed E-state index contributed by atoms with van der Waals surface area (Å²) < 4.78 is 5.18. The second-order valence-corrected chi connectivity index (χ2v) is 9.08. The molecule has 4 rings (SSSR count). The van der Waals surface area contributed by atoms with Crippen LogP contribution in [0.1, 0.15) is 28.8 Å². The summed E-state index contributed by atoms with van der Waals surface area (Å²) in [5.41, 5.74) is 3.00. The molecule has 180 valence electrons. The molecule has 1 saturated heterocycles. The number of carbonyl (C=O) groups excluding carboxylic acids is 3. The van der Waals surface area contributed by atoms with Crippen molar-refractivity contribution in [3.63, 3.8) is 0 Å². The Bertz CT molecular complexity index is 1210. The lowest BCUT2D eigenvalue weighted by Gasteiger charge is -2.16. The molecule has 1 fully saturated rings. The van der Waals surface area contributed by atoms with Crippen LogP contribution in [0.25, 0.3) is 0 Å². The molecule has 1 aliphatic rings. The van der Waals surface area contributed by atoms with Crippen molar-refractivity contribution < 1.29 is 19.1 Å². The number of rotatable bonds is 9. The van der Waals surface area contributed by atoms with E-state index in [1.54, 1.807) is 42.3 Å². The highest BCUT2D eigenvalue weighted by Gasteiger charge is 2.21. The monoisotopic (exact) mass is 489 g/mol. The van der Waals surface area contributed by atoms with E-state index in [0.29, 0.717) is 30.0 Å². The SMILES string of the molecule is COc1cccc(NC(=O)CSc2ccccc2C(=O)NCc2ccc(N3CCCC3=O)cc2)c1. The van der Waals surface area contributed by atoms with Crippen LogP contribution in [-0.2, 0) is 16.1 Å². The normalized spacial score (nSPS) is 12.9. The summed E-state index contributed by atoms with van der Waals surface area (Å²) >= 11 is 1.31. The van der Waals surface area contributed by atoms with Crippen molar-refractivity contribution in [1.82, 2.24) is 5.32 Å². The van der Waals surface area contributed by atoms with Gasteiger partial charge in [0.15, 0.2) is 0 Å². The number of methoxy groups -OCH3 is 1. The molecule has 0 saturated carbocycles. The minimum Gasteiger partial charge on any atom is -0.497 e. The number of amides is 3. The van der Waals surface area contributed by atoms with Crippen LogP contribution in [0.15, 0.2) is 77.7 Å². The van der Waals surface area contributed by atoms with E-state index in [1.807, 2.05) is 42.5 Å². The second-order valence-electron chi connectivity index (χ2n) is 8.06. The van der Waals surface area contributed by atoms with Gasteiger partial charge in [0.1, 0.15) is 5.75 Å². The number of hydrogen-bond donors (Lipinski definition) is 2. The van der Waals surface area contributed by atoms with Gasteiger partial charge in [0, 0.05) is 41.8 Å². The zero-order valence-electron chi connectivity index (χ0n) is 19.5. The van der Waals surface area contributed by atoms with Crippen LogP contribution in [0.2, 0.25) is 0 Å². The predicted octanol–water partition coefficient (Wildman–Crippen LogP) is 4.48. The third kappa shape index (κ3) is 6.42. The van der Waals surface area contributed by atoms with Crippen molar-refractivity contribution in [1.29, 1.82) is 0 Å². The van der Waals surface area contributed by atoms with Gasteiger partial charge in [0.25, 0.3) is 5.91 Å². The lowest BCUT2D eigenvalue weighted by Crippen LogP contribution is -2.24. The molecule has 35 heavy (non-hydrogen) atoms. The van der Waals surface area contributed by atoms with Gasteiger partial charge < -0.3 is 20.3 Å². The molecule has 3 aromatic carbocycles. The predicted molar refractivity (Wildman–Crippen MR) is 138 cm³/mol. The number of hydrogen-bond acceptors (Lipinski definition) is 5. The van der Waals surface area contributed by atoms with Gasteiger partial charge in [-0.2, -0.15) is 0 Å². The first-order valence-corrected chi connectivity index (χ1v) is 12.4. The number of nitrogens with zero attached hydrogens (tertiary/aromatic N) is 1. The maximum Gasteiger partial charge on any atom is 0.252 e. The van der Waals surface area contributed by atoms with Gasteiger partial charge in [-0.15, -0.1) is 11.8 Å². The van der Waals surface area contributed by atoms with Crippen LogP contribution < -0.4 is 20.3 Å². The third-order valence-corrected chi connectivity index (χ3v) is 6.69. The molecule has 0 unspecified atom stereocenters. The molecule has 0 radical (unpaired) electrons. The Morgan fingerprint density at radius 1 is 1.03 bits per heavy atom. The smallest absolute Gasteiger partial charge is 0.252 e. The van der Waals surface area contributed by atoms with Crippen molar-refractivity contribution in [3.8, 4) is 5.75 Å². The van der Waals surface area contributed by atoms with Gasteiger partial charge >= 0.3 is 0 Å². The fourth-order valence-electron chi connectivity index (χ4n) is 3.81. The van der Waals surface area contributed by atoms with Gasteiger partial charge in [0.2, 0.25) is 11.8 Å². The summed E-state index contributed by atoms with van der Waals surface area (Å²) in [5.74, 6) is 0.599. The molecule has 1 heterocycles. The Kier molecular flexibility index (Phi) is 8.05. The molecule has 8 heteroatoms. The number of carbonyl (C=O) groups is 3. The van der Waals surface area contributed by atoms with E-state index < -0.39 is 0 Å². The highest BCUT2D eigenvalue weighted by Crippen LogP contribution is 2.24. The van der Waals surface area contributed by atoms with E-state index in [2.05, 4.69) is 10.6 Å². The molecule has 0 atom stereocenters. The van der Waals surface area contributed by atoms with Crippen molar-refractivity contribution in [2.45, 2.75) is 24.3 Å². The average molecular weight is 490 g/mol. The van der Waals surface area contributed by atoms with Crippen LogP contribution in [0.5, 0.6) is 5.75 Å². The van der Waals surface area contributed by atoms with Gasteiger partial charge in [-0.05, 0) is 48.4 Å².